The molecule has 20 heavy (non-hydrogen) atoms. The van der Waals surface area contributed by atoms with Crippen LogP contribution in [0.15, 0.2) is 41.1 Å². The monoisotopic (exact) mass is 338 g/mol. The normalized spacial score (nSPS) is 10.1. The van der Waals surface area contributed by atoms with E-state index in [1.54, 1.807) is 0 Å². The van der Waals surface area contributed by atoms with Gasteiger partial charge in [0.2, 0.25) is 0 Å². The van der Waals surface area contributed by atoms with E-state index in [9.17, 15) is 14.0 Å². The number of benzene rings is 1. The second-order valence-electron chi connectivity index (χ2n) is 3.85. The van der Waals surface area contributed by atoms with E-state index < -0.39 is 17.7 Å². The summed E-state index contributed by atoms with van der Waals surface area (Å²) in [4.78, 5) is 26.5. The molecule has 0 fully saturated rings. The van der Waals surface area contributed by atoms with Crippen molar-refractivity contribution < 1.29 is 19.1 Å². The molecule has 0 saturated heterocycles. The van der Waals surface area contributed by atoms with Gasteiger partial charge in [-0.1, -0.05) is 0 Å². The third-order valence-electron chi connectivity index (χ3n) is 2.42. The summed E-state index contributed by atoms with van der Waals surface area (Å²) in [6.45, 7) is 0. The van der Waals surface area contributed by atoms with Gasteiger partial charge in [-0.2, -0.15) is 0 Å². The number of carbonyl (C=O) groups is 2. The Labute approximate surface area is 121 Å². The standard InChI is InChI=1S/C13H8BrFN2O3/c14-11-4-8(15)1-2-10(11)12(18)17-9-3-7(13(19)20)5-16-6-9/h1-6H,(H,17,18)(H,19,20). The van der Waals surface area contributed by atoms with E-state index in [-0.39, 0.29) is 16.8 Å². The van der Waals surface area contributed by atoms with Crippen LogP contribution in [0.5, 0.6) is 0 Å². The first-order valence-corrected chi connectivity index (χ1v) is 6.21. The number of pyridine rings is 1. The second-order valence-corrected chi connectivity index (χ2v) is 4.70. The maximum atomic E-state index is 12.9. The summed E-state index contributed by atoms with van der Waals surface area (Å²) in [6, 6.07) is 4.93. The Morgan fingerprint density at radius 3 is 2.65 bits per heavy atom. The molecule has 2 aromatic rings. The van der Waals surface area contributed by atoms with Crippen LogP contribution in [0, 0.1) is 5.82 Å². The van der Waals surface area contributed by atoms with Gasteiger partial charge >= 0.3 is 5.97 Å². The van der Waals surface area contributed by atoms with Crippen LogP contribution in [0.25, 0.3) is 0 Å². The number of aromatic nitrogens is 1. The largest absolute Gasteiger partial charge is 0.478 e. The summed E-state index contributed by atoms with van der Waals surface area (Å²) in [5, 5.41) is 11.3. The number of hydrogen-bond donors (Lipinski definition) is 2. The average Bonchev–Trinajstić information content (AvgIpc) is 2.38. The smallest absolute Gasteiger partial charge is 0.337 e. The predicted octanol–water partition coefficient (Wildman–Crippen LogP) is 2.93. The lowest BCUT2D eigenvalue weighted by atomic mass is 10.2. The molecule has 5 nitrogen and oxygen atoms in total. The molecule has 2 rings (SSSR count). The zero-order valence-electron chi connectivity index (χ0n) is 9.93. The van der Waals surface area contributed by atoms with Gasteiger partial charge in [-0.05, 0) is 40.2 Å². The van der Waals surface area contributed by atoms with Gasteiger partial charge in [0.1, 0.15) is 5.82 Å². The minimum atomic E-state index is -1.14. The predicted molar refractivity (Wildman–Crippen MR) is 73.2 cm³/mol. The van der Waals surface area contributed by atoms with Crippen molar-refractivity contribution in [1.82, 2.24) is 4.98 Å². The molecule has 102 valence electrons. The molecule has 0 bridgehead atoms. The molecule has 1 amide bonds. The number of anilines is 1. The maximum absolute atomic E-state index is 12.9. The molecule has 0 aliphatic carbocycles. The molecule has 0 aliphatic heterocycles. The van der Waals surface area contributed by atoms with Crippen molar-refractivity contribution in [2.75, 3.05) is 5.32 Å². The van der Waals surface area contributed by atoms with Crippen molar-refractivity contribution in [2.24, 2.45) is 0 Å². The van der Waals surface area contributed by atoms with E-state index in [0.29, 0.717) is 4.47 Å². The number of halogens is 2. The lowest BCUT2D eigenvalue weighted by Gasteiger charge is -2.07. The average molecular weight is 339 g/mol. The summed E-state index contributed by atoms with van der Waals surface area (Å²) in [5.41, 5.74) is 0.430. The van der Waals surface area contributed by atoms with Gasteiger partial charge in [-0.15, -0.1) is 0 Å². The molecule has 1 aromatic carbocycles. The fourth-order valence-corrected chi connectivity index (χ4v) is 2.03. The zero-order valence-corrected chi connectivity index (χ0v) is 11.5. The minimum Gasteiger partial charge on any atom is -0.478 e. The Kier molecular flexibility index (Phi) is 4.09. The fraction of sp³-hybridized carbons (Fsp3) is 0. The molecule has 0 unspecified atom stereocenters. The Morgan fingerprint density at radius 1 is 1.25 bits per heavy atom. The maximum Gasteiger partial charge on any atom is 0.337 e. The third-order valence-corrected chi connectivity index (χ3v) is 3.07. The highest BCUT2D eigenvalue weighted by atomic mass is 79.9. The number of amides is 1. The summed E-state index contributed by atoms with van der Waals surface area (Å²) in [6.07, 6.45) is 2.49. The molecule has 0 saturated carbocycles. The van der Waals surface area contributed by atoms with Gasteiger partial charge < -0.3 is 10.4 Å². The van der Waals surface area contributed by atoms with Crippen molar-refractivity contribution in [2.45, 2.75) is 0 Å². The van der Waals surface area contributed by atoms with Gasteiger partial charge in [-0.3, -0.25) is 9.78 Å². The first-order chi connectivity index (χ1) is 9.47. The fourth-order valence-electron chi connectivity index (χ4n) is 1.50. The van der Waals surface area contributed by atoms with E-state index in [4.69, 9.17) is 5.11 Å². The minimum absolute atomic E-state index is 0.0408. The molecule has 1 heterocycles. The van der Waals surface area contributed by atoms with Gasteiger partial charge in [0.05, 0.1) is 23.0 Å². The first-order valence-electron chi connectivity index (χ1n) is 5.42. The Morgan fingerprint density at radius 2 is 2.00 bits per heavy atom. The SMILES string of the molecule is O=C(O)c1cncc(NC(=O)c2ccc(F)cc2Br)c1. The van der Waals surface area contributed by atoms with Crippen LogP contribution < -0.4 is 5.32 Å². The number of carbonyl (C=O) groups excluding carboxylic acids is 1. The number of aromatic carboxylic acids is 1. The van der Waals surface area contributed by atoms with Crippen molar-refractivity contribution in [3.05, 3.63) is 58.1 Å². The van der Waals surface area contributed by atoms with Crippen LogP contribution >= 0.6 is 15.9 Å². The molecule has 7 heteroatoms. The lowest BCUT2D eigenvalue weighted by Crippen LogP contribution is -2.13. The lowest BCUT2D eigenvalue weighted by molar-refractivity contribution is 0.0696. The highest BCUT2D eigenvalue weighted by molar-refractivity contribution is 9.10. The summed E-state index contributed by atoms with van der Waals surface area (Å²) in [5.74, 6) is -2.11. The quantitative estimate of drug-likeness (QED) is 0.901. The third kappa shape index (κ3) is 3.18. The number of nitrogens with zero attached hydrogens (tertiary/aromatic N) is 1. The van der Waals surface area contributed by atoms with Crippen LogP contribution in [0.1, 0.15) is 20.7 Å². The number of rotatable bonds is 3. The Hall–Kier alpha value is -2.28. The molecule has 2 N–H and O–H groups in total. The van der Waals surface area contributed by atoms with Crippen molar-refractivity contribution in [3.8, 4) is 0 Å². The van der Waals surface area contributed by atoms with E-state index in [1.807, 2.05) is 0 Å². The Bertz CT molecular complexity index is 691. The first kappa shape index (κ1) is 14.1. The molecular weight excluding hydrogens is 331 g/mol. The van der Waals surface area contributed by atoms with E-state index in [2.05, 4.69) is 26.2 Å². The molecule has 0 radical (unpaired) electrons. The molecular formula is C13H8BrFN2O3. The number of hydrogen-bond acceptors (Lipinski definition) is 3. The van der Waals surface area contributed by atoms with E-state index >= 15 is 0 Å². The topological polar surface area (TPSA) is 79.3 Å². The summed E-state index contributed by atoms with van der Waals surface area (Å²) >= 11 is 3.09. The van der Waals surface area contributed by atoms with Gasteiger partial charge in [-0.25, -0.2) is 9.18 Å². The number of carboxylic acid groups (broad SMARTS) is 1. The van der Waals surface area contributed by atoms with Gasteiger partial charge in [0.25, 0.3) is 5.91 Å². The van der Waals surface area contributed by atoms with Crippen molar-refractivity contribution >= 4 is 33.5 Å². The van der Waals surface area contributed by atoms with Gasteiger partial charge in [0, 0.05) is 10.7 Å². The van der Waals surface area contributed by atoms with E-state index in [1.165, 1.54) is 30.6 Å². The second kappa shape index (κ2) is 5.79. The summed E-state index contributed by atoms with van der Waals surface area (Å²) < 4.78 is 13.2. The van der Waals surface area contributed by atoms with Crippen molar-refractivity contribution in [3.63, 3.8) is 0 Å². The Balaban J connectivity index is 2.23. The molecule has 0 atom stereocenters. The molecule has 0 spiro atoms. The highest BCUT2D eigenvalue weighted by Crippen LogP contribution is 2.19. The zero-order chi connectivity index (χ0) is 14.7. The van der Waals surface area contributed by atoms with Crippen LogP contribution in [0.4, 0.5) is 10.1 Å². The van der Waals surface area contributed by atoms with Crippen molar-refractivity contribution in [1.29, 1.82) is 0 Å². The molecule has 0 aliphatic rings. The number of nitrogens with one attached hydrogen (secondary N) is 1. The van der Waals surface area contributed by atoms with E-state index in [0.717, 1.165) is 6.07 Å². The highest BCUT2D eigenvalue weighted by Gasteiger charge is 2.12. The van der Waals surface area contributed by atoms with Gasteiger partial charge in [0.15, 0.2) is 0 Å². The summed E-state index contributed by atoms with van der Waals surface area (Å²) in [7, 11) is 0. The van der Waals surface area contributed by atoms with Crippen LogP contribution in [0.2, 0.25) is 0 Å². The van der Waals surface area contributed by atoms with Crippen LogP contribution in [-0.4, -0.2) is 22.0 Å². The van der Waals surface area contributed by atoms with Crippen LogP contribution in [-0.2, 0) is 0 Å². The number of carboxylic acids is 1. The molecule has 1 aromatic heterocycles. The van der Waals surface area contributed by atoms with Crippen LogP contribution in [0.3, 0.4) is 0 Å².